The number of nitrogens with one attached hydrogen (secondary N) is 1. The lowest BCUT2D eigenvalue weighted by Gasteiger charge is -2.25. The molecule has 15 heavy (non-hydrogen) atoms. The molecule has 1 N–H and O–H groups in total. The summed E-state index contributed by atoms with van der Waals surface area (Å²) in [6.07, 6.45) is 6.72. The quantitative estimate of drug-likeness (QED) is 0.636. The van der Waals surface area contributed by atoms with Crippen LogP contribution in [0.1, 0.15) is 46.0 Å². The molecule has 0 aromatic heterocycles. The molecular weight excluding hydrogens is 186 g/mol. The summed E-state index contributed by atoms with van der Waals surface area (Å²) in [5.41, 5.74) is 0. The van der Waals surface area contributed by atoms with Crippen molar-refractivity contribution >= 4 is 0 Å². The van der Waals surface area contributed by atoms with Crippen LogP contribution in [0.3, 0.4) is 0 Å². The average molecular weight is 213 g/mol. The van der Waals surface area contributed by atoms with Gasteiger partial charge in [0.15, 0.2) is 0 Å². The normalized spacial score (nSPS) is 20.2. The molecule has 2 nitrogen and oxygen atoms in total. The van der Waals surface area contributed by atoms with E-state index in [-0.39, 0.29) is 0 Å². The number of methoxy groups -OCH3 is 1. The second-order valence-corrected chi connectivity index (χ2v) is 5.00. The van der Waals surface area contributed by atoms with Gasteiger partial charge in [-0.3, -0.25) is 0 Å². The van der Waals surface area contributed by atoms with Crippen molar-refractivity contribution in [2.45, 2.75) is 52.0 Å². The molecule has 0 spiro atoms. The molecule has 2 atom stereocenters. The Kier molecular flexibility index (Phi) is 6.26. The molecule has 1 saturated carbocycles. The van der Waals surface area contributed by atoms with E-state index in [1.807, 2.05) is 0 Å². The van der Waals surface area contributed by atoms with E-state index >= 15 is 0 Å². The molecule has 0 bridgehead atoms. The average Bonchev–Trinajstić information content (AvgIpc) is 3.04. The third kappa shape index (κ3) is 5.53. The van der Waals surface area contributed by atoms with Gasteiger partial charge in [-0.2, -0.15) is 0 Å². The number of hydrogen-bond acceptors (Lipinski definition) is 2. The number of ether oxygens (including phenoxy) is 1. The summed E-state index contributed by atoms with van der Waals surface area (Å²) in [6, 6.07) is 0.715. The Hall–Kier alpha value is -0.0800. The summed E-state index contributed by atoms with van der Waals surface area (Å²) in [5, 5.41) is 3.69. The fourth-order valence-corrected chi connectivity index (χ4v) is 2.06. The highest BCUT2D eigenvalue weighted by Crippen LogP contribution is 2.35. The largest absolute Gasteiger partial charge is 0.385 e. The van der Waals surface area contributed by atoms with E-state index in [4.69, 9.17) is 4.74 Å². The molecule has 1 fully saturated rings. The predicted molar refractivity (Wildman–Crippen MR) is 65.1 cm³/mol. The Balaban J connectivity index is 2.24. The van der Waals surface area contributed by atoms with Gasteiger partial charge >= 0.3 is 0 Å². The zero-order chi connectivity index (χ0) is 11.1. The highest BCUT2D eigenvalue weighted by atomic mass is 16.5. The van der Waals surface area contributed by atoms with Crippen LogP contribution in [0.25, 0.3) is 0 Å². The van der Waals surface area contributed by atoms with Gasteiger partial charge < -0.3 is 10.1 Å². The van der Waals surface area contributed by atoms with E-state index in [9.17, 15) is 0 Å². The summed E-state index contributed by atoms with van der Waals surface area (Å²) >= 11 is 0. The first-order valence-electron chi connectivity index (χ1n) is 6.50. The van der Waals surface area contributed by atoms with E-state index in [1.54, 1.807) is 7.11 Å². The van der Waals surface area contributed by atoms with Crippen molar-refractivity contribution in [1.82, 2.24) is 5.32 Å². The maximum Gasteiger partial charge on any atom is 0.0465 e. The first-order valence-corrected chi connectivity index (χ1v) is 6.50. The third-order valence-corrected chi connectivity index (χ3v) is 3.40. The summed E-state index contributed by atoms with van der Waals surface area (Å²) < 4.78 is 5.16. The van der Waals surface area contributed by atoms with Crippen molar-refractivity contribution < 1.29 is 4.74 Å². The van der Waals surface area contributed by atoms with Crippen LogP contribution in [0.5, 0.6) is 0 Å². The first-order chi connectivity index (χ1) is 7.27. The molecular formula is C13H27NO. The Morgan fingerprint density at radius 1 is 1.40 bits per heavy atom. The molecule has 1 aliphatic rings. The van der Waals surface area contributed by atoms with E-state index in [0.29, 0.717) is 6.04 Å². The maximum atomic E-state index is 5.16. The van der Waals surface area contributed by atoms with Gasteiger partial charge in [-0.05, 0) is 37.6 Å². The number of hydrogen-bond donors (Lipinski definition) is 1. The van der Waals surface area contributed by atoms with Crippen LogP contribution < -0.4 is 5.32 Å². The van der Waals surface area contributed by atoms with Crippen LogP contribution in [0.15, 0.2) is 0 Å². The molecule has 1 aliphatic carbocycles. The van der Waals surface area contributed by atoms with E-state index in [0.717, 1.165) is 25.0 Å². The standard InChI is InChI=1S/C13H27NO/c1-4-8-14-13(10-12-5-6-12)11(2)7-9-15-3/h11-14H,4-10H2,1-3H3. The van der Waals surface area contributed by atoms with Gasteiger partial charge in [0, 0.05) is 19.8 Å². The fraction of sp³-hybridized carbons (Fsp3) is 1.00. The molecule has 0 radical (unpaired) electrons. The van der Waals surface area contributed by atoms with Gasteiger partial charge in [0.05, 0.1) is 0 Å². The molecule has 0 saturated heterocycles. The van der Waals surface area contributed by atoms with Crippen LogP contribution in [-0.2, 0) is 4.74 Å². The van der Waals surface area contributed by atoms with Gasteiger partial charge in [0.1, 0.15) is 0 Å². The van der Waals surface area contributed by atoms with Crippen LogP contribution >= 0.6 is 0 Å². The molecule has 1 rings (SSSR count). The Labute approximate surface area is 94.8 Å². The predicted octanol–water partition coefficient (Wildman–Crippen LogP) is 2.83. The van der Waals surface area contributed by atoms with Gasteiger partial charge in [-0.25, -0.2) is 0 Å². The van der Waals surface area contributed by atoms with Crippen LogP contribution in [0.4, 0.5) is 0 Å². The summed E-state index contributed by atoms with van der Waals surface area (Å²) in [4.78, 5) is 0. The molecule has 0 aromatic carbocycles. The Morgan fingerprint density at radius 3 is 2.67 bits per heavy atom. The molecule has 0 aliphatic heterocycles. The molecule has 0 heterocycles. The van der Waals surface area contributed by atoms with E-state index in [1.165, 1.54) is 32.1 Å². The van der Waals surface area contributed by atoms with Gasteiger partial charge in [0.2, 0.25) is 0 Å². The van der Waals surface area contributed by atoms with Gasteiger partial charge in [-0.1, -0.05) is 26.7 Å². The van der Waals surface area contributed by atoms with Crippen molar-refractivity contribution in [3.63, 3.8) is 0 Å². The van der Waals surface area contributed by atoms with Crippen LogP contribution in [-0.4, -0.2) is 26.3 Å². The smallest absolute Gasteiger partial charge is 0.0465 e. The lowest BCUT2D eigenvalue weighted by Crippen LogP contribution is -2.36. The van der Waals surface area contributed by atoms with Crippen LogP contribution in [0, 0.1) is 11.8 Å². The second kappa shape index (κ2) is 7.24. The molecule has 90 valence electrons. The van der Waals surface area contributed by atoms with Crippen molar-refractivity contribution in [2.75, 3.05) is 20.3 Å². The molecule has 0 aromatic rings. The van der Waals surface area contributed by atoms with Crippen molar-refractivity contribution in [2.24, 2.45) is 11.8 Å². The SMILES string of the molecule is CCCNC(CC1CC1)C(C)CCOC. The lowest BCUT2D eigenvalue weighted by molar-refractivity contribution is 0.167. The van der Waals surface area contributed by atoms with Crippen LogP contribution in [0.2, 0.25) is 0 Å². The lowest BCUT2D eigenvalue weighted by atomic mass is 9.94. The van der Waals surface area contributed by atoms with Crippen molar-refractivity contribution in [1.29, 1.82) is 0 Å². The highest BCUT2D eigenvalue weighted by molar-refractivity contribution is 4.83. The monoisotopic (exact) mass is 213 g/mol. The molecule has 2 unspecified atom stereocenters. The van der Waals surface area contributed by atoms with E-state index in [2.05, 4.69) is 19.2 Å². The van der Waals surface area contributed by atoms with Gasteiger partial charge in [0.25, 0.3) is 0 Å². The topological polar surface area (TPSA) is 21.3 Å². The zero-order valence-corrected chi connectivity index (χ0v) is 10.6. The Morgan fingerprint density at radius 2 is 2.13 bits per heavy atom. The fourth-order valence-electron chi connectivity index (χ4n) is 2.06. The zero-order valence-electron chi connectivity index (χ0n) is 10.6. The maximum absolute atomic E-state index is 5.16. The highest BCUT2D eigenvalue weighted by Gasteiger charge is 2.27. The summed E-state index contributed by atoms with van der Waals surface area (Å²) in [5.74, 6) is 1.77. The molecule has 0 amide bonds. The second-order valence-electron chi connectivity index (χ2n) is 5.00. The third-order valence-electron chi connectivity index (χ3n) is 3.40. The minimum absolute atomic E-state index is 0.715. The van der Waals surface area contributed by atoms with Gasteiger partial charge in [-0.15, -0.1) is 0 Å². The number of rotatable bonds is 9. The van der Waals surface area contributed by atoms with E-state index < -0.39 is 0 Å². The van der Waals surface area contributed by atoms with Crippen molar-refractivity contribution in [3.05, 3.63) is 0 Å². The minimum atomic E-state index is 0.715. The Bertz CT molecular complexity index is 157. The molecule has 2 heteroatoms. The summed E-state index contributed by atoms with van der Waals surface area (Å²) in [7, 11) is 1.79. The first kappa shape index (κ1) is 13.0. The van der Waals surface area contributed by atoms with Crippen molar-refractivity contribution in [3.8, 4) is 0 Å². The summed E-state index contributed by atoms with van der Waals surface area (Å²) in [6.45, 7) is 6.65. The minimum Gasteiger partial charge on any atom is -0.385 e.